The second kappa shape index (κ2) is 13.8. The predicted molar refractivity (Wildman–Crippen MR) is 155 cm³/mol. The number of fused-ring (bicyclic) bond motifs is 1. The van der Waals surface area contributed by atoms with Gasteiger partial charge >= 0.3 is 5.97 Å². The van der Waals surface area contributed by atoms with Gasteiger partial charge < -0.3 is 24.0 Å². The van der Waals surface area contributed by atoms with Crippen LogP contribution in [0.1, 0.15) is 36.8 Å². The van der Waals surface area contributed by atoms with E-state index >= 15 is 0 Å². The first-order valence-corrected chi connectivity index (χ1v) is 14.4. The summed E-state index contributed by atoms with van der Waals surface area (Å²) in [5.41, 5.74) is 4.73. The van der Waals surface area contributed by atoms with E-state index in [1.807, 2.05) is 18.3 Å². The van der Waals surface area contributed by atoms with Crippen LogP contribution in [0.4, 0.5) is 5.69 Å². The van der Waals surface area contributed by atoms with E-state index in [9.17, 15) is 4.79 Å². The first-order chi connectivity index (χ1) is 19.2. The third-order valence-electron chi connectivity index (χ3n) is 8.03. The molecule has 0 saturated carbocycles. The molecule has 0 radical (unpaired) electrons. The highest BCUT2D eigenvalue weighted by Gasteiger charge is 2.26. The van der Waals surface area contributed by atoms with Gasteiger partial charge in [0.25, 0.3) is 0 Å². The molecule has 0 N–H and O–H groups in total. The summed E-state index contributed by atoms with van der Waals surface area (Å²) in [4.78, 5) is 22.4. The molecule has 2 saturated heterocycles. The number of hydrogen-bond acceptors (Lipinski definition) is 7. The predicted octanol–water partition coefficient (Wildman–Crippen LogP) is 4.90. The number of methoxy groups -OCH3 is 1. The van der Waals surface area contributed by atoms with E-state index in [1.165, 1.54) is 11.1 Å². The van der Waals surface area contributed by atoms with Gasteiger partial charge in [-0.1, -0.05) is 30.3 Å². The molecule has 2 aliphatic rings. The summed E-state index contributed by atoms with van der Waals surface area (Å²) in [6.07, 6.45) is 7.61. The highest BCUT2D eigenvalue weighted by atomic mass is 16.5. The van der Waals surface area contributed by atoms with Crippen molar-refractivity contribution in [2.45, 2.75) is 38.5 Å². The zero-order chi connectivity index (χ0) is 26.9. The van der Waals surface area contributed by atoms with Gasteiger partial charge in [-0.15, -0.1) is 0 Å². The molecule has 0 spiro atoms. The van der Waals surface area contributed by atoms with Crippen molar-refractivity contribution in [3.05, 3.63) is 65.9 Å². The maximum Gasteiger partial charge on any atom is 0.309 e. The lowest BCUT2D eigenvalue weighted by Crippen LogP contribution is -2.37. The number of morpholine rings is 1. The summed E-state index contributed by atoms with van der Waals surface area (Å²) < 4.78 is 16.9. The molecule has 5 rings (SSSR count). The normalized spacial score (nSPS) is 16.9. The van der Waals surface area contributed by atoms with Crippen molar-refractivity contribution in [3.63, 3.8) is 0 Å². The number of benzene rings is 2. The maximum absolute atomic E-state index is 12.8. The molecule has 7 nitrogen and oxygen atoms in total. The molecule has 39 heavy (non-hydrogen) atoms. The van der Waals surface area contributed by atoms with Crippen LogP contribution < -0.4 is 9.64 Å². The van der Waals surface area contributed by atoms with Crippen LogP contribution in [-0.4, -0.2) is 75.5 Å². The number of aromatic nitrogens is 1. The Kier molecular flexibility index (Phi) is 9.67. The van der Waals surface area contributed by atoms with Crippen LogP contribution in [0.15, 0.2) is 54.7 Å². The van der Waals surface area contributed by atoms with Crippen LogP contribution >= 0.6 is 0 Å². The minimum atomic E-state index is -0.0337. The summed E-state index contributed by atoms with van der Waals surface area (Å²) in [6.45, 7) is 6.62. The number of piperidine rings is 1. The lowest BCUT2D eigenvalue weighted by atomic mass is 9.96. The molecule has 208 valence electrons. The number of esters is 1. The Hall–Kier alpha value is -3.16. The largest absolute Gasteiger partial charge is 0.497 e. The lowest BCUT2D eigenvalue weighted by molar-refractivity contribution is -0.150. The minimum absolute atomic E-state index is 0.0188. The topological polar surface area (TPSA) is 64.1 Å². The maximum atomic E-state index is 12.8. The number of nitrogens with zero attached hydrogens (tertiary/aromatic N) is 3. The van der Waals surface area contributed by atoms with Crippen LogP contribution in [0, 0.1) is 5.92 Å². The zero-order valence-electron chi connectivity index (χ0n) is 23.1. The molecule has 3 heterocycles. The number of hydrogen-bond donors (Lipinski definition) is 0. The van der Waals surface area contributed by atoms with Crippen LogP contribution in [0.2, 0.25) is 0 Å². The zero-order valence-corrected chi connectivity index (χ0v) is 23.1. The molecule has 3 aromatic rings. The lowest BCUT2D eigenvalue weighted by Gasteiger charge is -2.31. The quantitative estimate of drug-likeness (QED) is 0.258. The standard InChI is InChI=1S/C32H41N3O4/c1-37-27-11-12-30-29(23-27)28(31(24-33-30)35-18-21-38-22-19-35)10-6-20-39-32(36)26-13-16-34(17-14-26)15-5-9-25-7-3-2-4-8-25/h2-4,7-8,11-12,23-24,26H,5-6,9-10,13-22H2,1H3. The Morgan fingerprint density at radius 2 is 1.79 bits per heavy atom. The van der Waals surface area contributed by atoms with Crippen molar-refractivity contribution < 1.29 is 19.0 Å². The second-order valence-electron chi connectivity index (χ2n) is 10.6. The molecule has 0 aliphatic carbocycles. The smallest absolute Gasteiger partial charge is 0.309 e. The average Bonchev–Trinajstić information content (AvgIpc) is 3.00. The average molecular weight is 532 g/mol. The molecule has 2 aromatic carbocycles. The van der Waals surface area contributed by atoms with E-state index in [0.29, 0.717) is 6.61 Å². The van der Waals surface area contributed by atoms with Crippen LogP contribution in [0.3, 0.4) is 0 Å². The molecular weight excluding hydrogens is 490 g/mol. The summed E-state index contributed by atoms with van der Waals surface area (Å²) in [6, 6.07) is 16.7. The SMILES string of the molecule is COc1ccc2ncc(N3CCOCC3)c(CCCOC(=O)C3CCN(CCCc4ccccc4)CC3)c2c1. The number of rotatable bonds is 11. The molecule has 0 atom stereocenters. The van der Waals surface area contributed by atoms with Crippen molar-refractivity contribution in [3.8, 4) is 5.75 Å². The van der Waals surface area contributed by atoms with E-state index in [4.69, 9.17) is 19.2 Å². The Balaban J connectivity index is 1.11. The van der Waals surface area contributed by atoms with E-state index in [-0.39, 0.29) is 11.9 Å². The second-order valence-corrected chi connectivity index (χ2v) is 10.6. The fraction of sp³-hybridized carbons (Fsp3) is 0.500. The van der Waals surface area contributed by atoms with Crippen LogP contribution in [-0.2, 0) is 27.1 Å². The van der Waals surface area contributed by atoms with Gasteiger partial charge in [0.15, 0.2) is 0 Å². The molecular formula is C32H41N3O4. The number of ether oxygens (including phenoxy) is 3. The summed E-state index contributed by atoms with van der Waals surface area (Å²) in [7, 11) is 1.69. The van der Waals surface area contributed by atoms with Gasteiger partial charge in [0, 0.05) is 18.5 Å². The fourth-order valence-electron chi connectivity index (χ4n) is 5.77. The highest BCUT2D eigenvalue weighted by molar-refractivity contribution is 5.88. The third kappa shape index (κ3) is 7.28. The van der Waals surface area contributed by atoms with Gasteiger partial charge in [-0.2, -0.15) is 0 Å². The van der Waals surface area contributed by atoms with Crippen LogP contribution in [0.25, 0.3) is 10.9 Å². The van der Waals surface area contributed by atoms with E-state index in [1.54, 1.807) is 7.11 Å². The number of anilines is 1. The molecule has 0 amide bonds. The number of aryl methyl sites for hydroxylation is 2. The van der Waals surface area contributed by atoms with Gasteiger partial charge in [0.05, 0.1) is 50.2 Å². The Bertz CT molecular complexity index is 1200. The first-order valence-electron chi connectivity index (χ1n) is 14.4. The minimum Gasteiger partial charge on any atom is -0.497 e. The van der Waals surface area contributed by atoms with Crippen molar-refractivity contribution >= 4 is 22.6 Å². The summed E-state index contributed by atoms with van der Waals surface area (Å²) in [5.74, 6) is 0.807. The van der Waals surface area contributed by atoms with E-state index in [2.05, 4.69) is 46.2 Å². The number of carbonyl (C=O) groups excluding carboxylic acids is 1. The van der Waals surface area contributed by atoms with Gasteiger partial charge in [-0.05, 0) is 87.5 Å². The fourth-order valence-corrected chi connectivity index (χ4v) is 5.77. The van der Waals surface area contributed by atoms with E-state index < -0.39 is 0 Å². The number of likely N-dealkylation sites (tertiary alicyclic amines) is 1. The van der Waals surface area contributed by atoms with Crippen molar-refractivity contribution in [2.75, 3.05) is 64.6 Å². The van der Waals surface area contributed by atoms with Gasteiger partial charge in [0.1, 0.15) is 5.75 Å². The Morgan fingerprint density at radius 3 is 2.56 bits per heavy atom. The number of pyridine rings is 1. The molecule has 7 heteroatoms. The van der Waals surface area contributed by atoms with E-state index in [0.717, 1.165) is 107 Å². The van der Waals surface area contributed by atoms with Gasteiger partial charge in [0.2, 0.25) is 0 Å². The van der Waals surface area contributed by atoms with Gasteiger partial charge in [-0.25, -0.2) is 0 Å². The molecule has 0 unspecified atom stereocenters. The van der Waals surface area contributed by atoms with Crippen LogP contribution in [0.5, 0.6) is 5.75 Å². The summed E-state index contributed by atoms with van der Waals surface area (Å²) >= 11 is 0. The van der Waals surface area contributed by atoms with Gasteiger partial charge in [-0.3, -0.25) is 9.78 Å². The Morgan fingerprint density at radius 1 is 1.00 bits per heavy atom. The summed E-state index contributed by atoms with van der Waals surface area (Å²) in [5, 5.41) is 1.10. The molecule has 1 aromatic heterocycles. The first kappa shape index (κ1) is 27.4. The molecule has 0 bridgehead atoms. The number of carbonyl (C=O) groups is 1. The highest BCUT2D eigenvalue weighted by Crippen LogP contribution is 2.31. The third-order valence-corrected chi connectivity index (χ3v) is 8.03. The molecule has 2 aliphatic heterocycles. The van der Waals surface area contributed by atoms with Crippen molar-refractivity contribution in [1.29, 1.82) is 0 Å². The van der Waals surface area contributed by atoms with Crippen molar-refractivity contribution in [2.24, 2.45) is 5.92 Å². The molecule has 2 fully saturated rings. The Labute approximate surface area is 232 Å². The monoisotopic (exact) mass is 531 g/mol. The van der Waals surface area contributed by atoms with Crippen molar-refractivity contribution in [1.82, 2.24) is 9.88 Å².